The van der Waals surface area contributed by atoms with Gasteiger partial charge in [0, 0.05) is 12.6 Å². The van der Waals surface area contributed by atoms with Gasteiger partial charge in [-0.25, -0.2) is 5.10 Å². The van der Waals surface area contributed by atoms with Crippen LogP contribution < -0.4 is 5.32 Å². The average Bonchev–Trinajstić information content (AvgIpc) is 2.93. The van der Waals surface area contributed by atoms with Gasteiger partial charge in [-0.15, -0.1) is 0 Å². The van der Waals surface area contributed by atoms with Gasteiger partial charge in [-0.05, 0) is 30.1 Å². The second-order valence-electron chi connectivity index (χ2n) is 7.43. The van der Waals surface area contributed by atoms with Crippen molar-refractivity contribution in [2.24, 2.45) is 10.8 Å². The first-order valence-electron chi connectivity index (χ1n) is 7.25. The molecule has 1 aliphatic heterocycles. The molecule has 2 aliphatic rings. The van der Waals surface area contributed by atoms with Crippen molar-refractivity contribution in [3.8, 4) is 0 Å². The number of nitrogens with zero attached hydrogens (tertiary/aromatic N) is 3. The van der Waals surface area contributed by atoms with E-state index < -0.39 is 11.8 Å². The summed E-state index contributed by atoms with van der Waals surface area (Å²) in [5.74, 6) is -0.930. The Bertz CT molecular complexity index is 568. The number of hydrogen-bond acceptors (Lipinski definition) is 4. The smallest absolute Gasteiger partial charge is 0.316 e. The summed E-state index contributed by atoms with van der Waals surface area (Å²) in [6.45, 7) is 7.34. The predicted molar refractivity (Wildman–Crippen MR) is 76.3 cm³/mol. The summed E-state index contributed by atoms with van der Waals surface area (Å²) in [5.41, 5.74) is 0.336. The van der Waals surface area contributed by atoms with Crippen molar-refractivity contribution < 1.29 is 9.59 Å². The van der Waals surface area contributed by atoms with Crippen molar-refractivity contribution in [1.82, 2.24) is 20.1 Å². The number of aromatic amines is 1. The summed E-state index contributed by atoms with van der Waals surface area (Å²) in [5, 5.41) is 8.61. The maximum Gasteiger partial charge on any atom is 0.316 e. The van der Waals surface area contributed by atoms with Crippen molar-refractivity contribution in [2.75, 3.05) is 11.9 Å². The lowest BCUT2D eigenvalue weighted by Gasteiger charge is -2.39. The lowest BCUT2D eigenvalue weighted by molar-refractivity contribution is -0.144. The fourth-order valence-corrected chi connectivity index (χ4v) is 4.25. The second-order valence-corrected chi connectivity index (χ2v) is 7.43. The average molecular weight is 291 g/mol. The summed E-state index contributed by atoms with van der Waals surface area (Å²) in [6.07, 6.45) is 4.30. The zero-order valence-electron chi connectivity index (χ0n) is 12.6. The molecule has 7 nitrogen and oxygen atoms in total. The van der Waals surface area contributed by atoms with Crippen LogP contribution in [0.5, 0.6) is 0 Å². The molecule has 1 saturated heterocycles. The maximum absolute atomic E-state index is 12.4. The number of amides is 2. The molecule has 2 fully saturated rings. The third-order valence-electron chi connectivity index (χ3n) is 4.52. The van der Waals surface area contributed by atoms with Gasteiger partial charge in [0.25, 0.3) is 0 Å². The number of aromatic nitrogens is 3. The van der Waals surface area contributed by atoms with E-state index in [4.69, 9.17) is 0 Å². The van der Waals surface area contributed by atoms with Crippen molar-refractivity contribution in [3.63, 3.8) is 0 Å². The van der Waals surface area contributed by atoms with Gasteiger partial charge in [0.05, 0.1) is 0 Å². The minimum Gasteiger partial charge on any atom is -0.331 e. The van der Waals surface area contributed by atoms with E-state index in [0.717, 1.165) is 19.3 Å². The number of nitrogens with one attached hydrogen (secondary N) is 2. The van der Waals surface area contributed by atoms with E-state index in [2.05, 4.69) is 41.3 Å². The summed E-state index contributed by atoms with van der Waals surface area (Å²) in [4.78, 5) is 30.0. The van der Waals surface area contributed by atoms with Crippen LogP contribution in [0, 0.1) is 10.8 Å². The molecule has 1 aromatic rings. The van der Waals surface area contributed by atoms with Gasteiger partial charge in [-0.1, -0.05) is 20.8 Å². The monoisotopic (exact) mass is 291 g/mol. The number of carbonyl (C=O) groups excluding carboxylic acids is 2. The predicted octanol–water partition coefficient (Wildman–Crippen LogP) is 1.17. The Morgan fingerprint density at radius 3 is 2.81 bits per heavy atom. The van der Waals surface area contributed by atoms with Gasteiger partial charge < -0.3 is 4.90 Å². The number of fused-ring (bicyclic) bond motifs is 2. The highest BCUT2D eigenvalue weighted by Gasteiger charge is 2.51. The Labute approximate surface area is 123 Å². The molecule has 0 spiro atoms. The first kappa shape index (κ1) is 14.0. The van der Waals surface area contributed by atoms with Gasteiger partial charge in [0.2, 0.25) is 5.95 Å². The molecule has 2 atom stereocenters. The lowest BCUT2D eigenvalue weighted by atomic mass is 9.65. The van der Waals surface area contributed by atoms with Gasteiger partial charge in [0.1, 0.15) is 6.33 Å². The van der Waals surface area contributed by atoms with Crippen LogP contribution in [0.15, 0.2) is 6.33 Å². The molecule has 114 valence electrons. The quantitative estimate of drug-likeness (QED) is 0.760. The molecule has 0 aromatic carbocycles. The van der Waals surface area contributed by atoms with Gasteiger partial charge in [-0.2, -0.15) is 10.1 Å². The van der Waals surface area contributed by atoms with Crippen LogP contribution in [0.25, 0.3) is 0 Å². The largest absolute Gasteiger partial charge is 0.331 e. The number of carbonyl (C=O) groups is 2. The van der Waals surface area contributed by atoms with Crippen LogP contribution in [-0.4, -0.2) is 44.5 Å². The van der Waals surface area contributed by atoms with Crippen molar-refractivity contribution in [2.45, 2.75) is 46.1 Å². The molecule has 7 heteroatoms. The molecular weight excluding hydrogens is 270 g/mol. The first-order valence-corrected chi connectivity index (χ1v) is 7.25. The highest BCUT2D eigenvalue weighted by atomic mass is 16.2. The molecule has 1 aliphatic carbocycles. The molecule has 1 saturated carbocycles. The number of H-pyrrole nitrogens is 1. The van der Waals surface area contributed by atoms with Crippen LogP contribution in [0.1, 0.15) is 40.0 Å². The van der Waals surface area contributed by atoms with Crippen molar-refractivity contribution in [1.29, 1.82) is 0 Å². The van der Waals surface area contributed by atoms with Crippen LogP contribution in [0.4, 0.5) is 5.95 Å². The molecule has 2 unspecified atom stereocenters. The van der Waals surface area contributed by atoms with Crippen LogP contribution in [0.2, 0.25) is 0 Å². The highest BCUT2D eigenvalue weighted by Crippen LogP contribution is 2.52. The molecule has 21 heavy (non-hydrogen) atoms. The van der Waals surface area contributed by atoms with Crippen LogP contribution >= 0.6 is 0 Å². The molecule has 2 N–H and O–H groups in total. The minimum absolute atomic E-state index is 0.120. The van der Waals surface area contributed by atoms with Crippen molar-refractivity contribution >= 4 is 17.8 Å². The fraction of sp³-hybridized carbons (Fsp3) is 0.714. The van der Waals surface area contributed by atoms with Crippen LogP contribution in [-0.2, 0) is 9.59 Å². The van der Waals surface area contributed by atoms with Crippen LogP contribution in [0.3, 0.4) is 0 Å². The van der Waals surface area contributed by atoms with E-state index >= 15 is 0 Å². The number of hydrogen-bond donors (Lipinski definition) is 2. The molecular formula is C14H21N5O2. The van der Waals surface area contributed by atoms with E-state index in [-0.39, 0.29) is 22.8 Å². The van der Waals surface area contributed by atoms with E-state index in [1.807, 2.05) is 0 Å². The van der Waals surface area contributed by atoms with E-state index in [0.29, 0.717) is 6.54 Å². The Morgan fingerprint density at radius 1 is 1.38 bits per heavy atom. The topological polar surface area (TPSA) is 91.0 Å². The standard InChI is InChI=1S/C14H21N5O2/c1-13(2)4-9-5-14(3,6-13)7-19(9)11(21)10(20)17-12-15-8-16-18-12/h8-9H,4-7H2,1-3H3,(H2,15,16,17,18,20). The van der Waals surface area contributed by atoms with Crippen molar-refractivity contribution in [3.05, 3.63) is 6.33 Å². The summed E-state index contributed by atoms with van der Waals surface area (Å²) in [6, 6.07) is 0.159. The van der Waals surface area contributed by atoms with E-state index in [1.165, 1.54) is 6.33 Å². The summed E-state index contributed by atoms with van der Waals surface area (Å²) in [7, 11) is 0. The fourth-order valence-electron chi connectivity index (χ4n) is 4.25. The first-order chi connectivity index (χ1) is 9.78. The molecule has 2 bridgehead atoms. The Morgan fingerprint density at radius 2 is 2.14 bits per heavy atom. The number of likely N-dealkylation sites (tertiary alicyclic amines) is 1. The third kappa shape index (κ3) is 2.64. The lowest BCUT2D eigenvalue weighted by Crippen LogP contribution is -2.43. The normalized spacial score (nSPS) is 30.2. The molecule has 2 heterocycles. The minimum atomic E-state index is -0.652. The SMILES string of the molecule is CC1(C)CC2CC(C)(CN2C(=O)C(=O)Nc2ncn[nH]2)C1. The Hall–Kier alpha value is -1.92. The Balaban J connectivity index is 1.72. The molecule has 3 rings (SSSR count). The van der Waals surface area contributed by atoms with Gasteiger partial charge in [0.15, 0.2) is 0 Å². The van der Waals surface area contributed by atoms with E-state index in [9.17, 15) is 9.59 Å². The Kier molecular flexibility index (Phi) is 3.04. The van der Waals surface area contributed by atoms with E-state index in [1.54, 1.807) is 4.90 Å². The zero-order valence-corrected chi connectivity index (χ0v) is 12.6. The maximum atomic E-state index is 12.4. The third-order valence-corrected chi connectivity index (χ3v) is 4.52. The molecule has 2 amide bonds. The van der Waals surface area contributed by atoms with Gasteiger partial charge in [-0.3, -0.25) is 14.9 Å². The second kappa shape index (κ2) is 4.54. The number of anilines is 1. The summed E-state index contributed by atoms with van der Waals surface area (Å²) < 4.78 is 0. The highest BCUT2D eigenvalue weighted by molar-refractivity contribution is 6.39. The molecule has 1 aromatic heterocycles. The number of rotatable bonds is 1. The summed E-state index contributed by atoms with van der Waals surface area (Å²) >= 11 is 0. The zero-order chi connectivity index (χ0) is 15.3. The van der Waals surface area contributed by atoms with Gasteiger partial charge >= 0.3 is 11.8 Å². The molecule has 0 radical (unpaired) electrons.